The van der Waals surface area contributed by atoms with Gasteiger partial charge in [0.15, 0.2) is 14.4 Å². The standard InChI is InChI=1S/C20H16F3N3O3S3/c1-11(16(27)24-14-5-3-4-13(10-14)20(21,22)23)29-17(28)12-6-8-15(9-7-12)26-19(30)32-18(25-26)31-2/h3-11H,1-2H3,(H,24,27). The molecule has 0 bridgehead atoms. The van der Waals surface area contributed by atoms with Gasteiger partial charge >= 0.3 is 12.1 Å². The Kier molecular flexibility index (Phi) is 7.36. The molecule has 1 amide bonds. The number of nitrogens with zero attached hydrogens (tertiary/aromatic N) is 2. The third-order valence-electron chi connectivity index (χ3n) is 4.16. The van der Waals surface area contributed by atoms with Crippen LogP contribution in [0.15, 0.2) is 52.9 Å². The number of amides is 1. The highest BCUT2D eigenvalue weighted by atomic mass is 32.2. The molecule has 1 unspecified atom stereocenters. The summed E-state index contributed by atoms with van der Waals surface area (Å²) >= 11 is 8.12. The first-order chi connectivity index (χ1) is 15.1. The Bertz CT molecular complexity index is 1190. The van der Waals surface area contributed by atoms with Gasteiger partial charge in [0.05, 0.1) is 16.8 Å². The highest BCUT2D eigenvalue weighted by molar-refractivity contribution is 8.00. The Morgan fingerprint density at radius 2 is 1.91 bits per heavy atom. The summed E-state index contributed by atoms with van der Waals surface area (Å²) in [6, 6.07) is 10.5. The smallest absolute Gasteiger partial charge is 0.416 e. The number of carbonyl (C=O) groups excluding carboxylic acids is 2. The van der Waals surface area contributed by atoms with Crippen LogP contribution >= 0.6 is 35.3 Å². The number of ether oxygens (including phenoxy) is 1. The first-order valence-corrected chi connectivity index (χ1v) is 11.5. The van der Waals surface area contributed by atoms with Crippen LogP contribution in [0.25, 0.3) is 5.69 Å². The molecule has 0 aliphatic carbocycles. The Labute approximate surface area is 194 Å². The lowest BCUT2D eigenvalue weighted by Crippen LogP contribution is -2.30. The largest absolute Gasteiger partial charge is 0.449 e. The van der Waals surface area contributed by atoms with Gasteiger partial charge in [0.2, 0.25) is 0 Å². The molecule has 1 aromatic heterocycles. The van der Waals surface area contributed by atoms with E-state index >= 15 is 0 Å². The molecule has 0 saturated heterocycles. The van der Waals surface area contributed by atoms with Crippen molar-refractivity contribution in [2.45, 2.75) is 23.5 Å². The van der Waals surface area contributed by atoms with Crippen molar-refractivity contribution in [1.82, 2.24) is 9.78 Å². The second kappa shape index (κ2) is 9.84. The molecule has 32 heavy (non-hydrogen) atoms. The van der Waals surface area contributed by atoms with E-state index in [1.54, 1.807) is 16.8 Å². The molecule has 3 rings (SSSR count). The molecule has 1 heterocycles. The number of esters is 1. The quantitative estimate of drug-likeness (QED) is 0.271. The number of alkyl halides is 3. The van der Waals surface area contributed by atoms with Crippen LogP contribution < -0.4 is 5.32 Å². The average molecular weight is 500 g/mol. The van der Waals surface area contributed by atoms with Crippen LogP contribution in [0.3, 0.4) is 0 Å². The maximum Gasteiger partial charge on any atom is 0.416 e. The fourth-order valence-corrected chi connectivity index (χ4v) is 4.32. The molecule has 0 spiro atoms. The lowest BCUT2D eigenvalue weighted by atomic mass is 10.2. The first-order valence-electron chi connectivity index (χ1n) is 9.02. The van der Waals surface area contributed by atoms with Gasteiger partial charge in [0.1, 0.15) is 0 Å². The summed E-state index contributed by atoms with van der Waals surface area (Å²) in [5, 5.41) is 6.68. The van der Waals surface area contributed by atoms with E-state index in [1.807, 2.05) is 6.26 Å². The van der Waals surface area contributed by atoms with Gasteiger partial charge in [0.25, 0.3) is 5.91 Å². The molecule has 12 heteroatoms. The maximum absolute atomic E-state index is 12.8. The Morgan fingerprint density at radius 3 is 2.50 bits per heavy atom. The van der Waals surface area contributed by atoms with Crippen LogP contribution in [0, 0.1) is 3.95 Å². The number of rotatable bonds is 6. The second-order valence-electron chi connectivity index (χ2n) is 6.41. The number of aromatic nitrogens is 2. The number of hydrogen-bond acceptors (Lipinski definition) is 7. The third kappa shape index (κ3) is 5.75. The van der Waals surface area contributed by atoms with E-state index in [1.165, 1.54) is 54.3 Å². The minimum atomic E-state index is -4.54. The summed E-state index contributed by atoms with van der Waals surface area (Å²) in [6.45, 7) is 1.33. The SMILES string of the molecule is CSc1nn(-c2ccc(C(=O)OC(C)C(=O)Nc3cccc(C(F)(F)F)c3)cc2)c(=S)s1. The monoisotopic (exact) mass is 499 g/mol. The summed E-state index contributed by atoms with van der Waals surface area (Å²) in [5.74, 6) is -1.51. The highest BCUT2D eigenvalue weighted by Gasteiger charge is 2.30. The Morgan fingerprint density at radius 1 is 1.22 bits per heavy atom. The van der Waals surface area contributed by atoms with Gasteiger partial charge in [-0.2, -0.15) is 13.2 Å². The average Bonchev–Trinajstić information content (AvgIpc) is 3.14. The molecule has 6 nitrogen and oxygen atoms in total. The molecular formula is C20H16F3N3O3S3. The summed E-state index contributed by atoms with van der Waals surface area (Å²) in [4.78, 5) is 24.6. The number of halogens is 3. The Balaban J connectivity index is 1.64. The highest BCUT2D eigenvalue weighted by Crippen LogP contribution is 2.30. The predicted molar refractivity (Wildman–Crippen MR) is 119 cm³/mol. The van der Waals surface area contributed by atoms with Crippen molar-refractivity contribution in [1.29, 1.82) is 0 Å². The molecule has 0 fully saturated rings. The van der Waals surface area contributed by atoms with Crippen molar-refractivity contribution in [3.05, 3.63) is 63.6 Å². The summed E-state index contributed by atoms with van der Waals surface area (Å²) in [7, 11) is 0. The van der Waals surface area contributed by atoms with Crippen molar-refractivity contribution in [2.75, 3.05) is 11.6 Å². The van der Waals surface area contributed by atoms with Gasteiger partial charge in [-0.15, -0.1) is 5.10 Å². The van der Waals surface area contributed by atoms with Crippen LogP contribution in [-0.4, -0.2) is 34.0 Å². The molecule has 1 N–H and O–H groups in total. The summed E-state index contributed by atoms with van der Waals surface area (Å²) in [5.41, 5.74) is -0.0932. The van der Waals surface area contributed by atoms with Crippen LogP contribution in [0.4, 0.5) is 18.9 Å². The molecule has 3 aromatic rings. The van der Waals surface area contributed by atoms with E-state index in [9.17, 15) is 22.8 Å². The first kappa shape index (κ1) is 24.0. The van der Waals surface area contributed by atoms with Gasteiger partial charge in [-0.25, -0.2) is 9.48 Å². The lowest BCUT2D eigenvalue weighted by Gasteiger charge is -2.15. The van der Waals surface area contributed by atoms with Crippen molar-refractivity contribution < 1.29 is 27.5 Å². The van der Waals surface area contributed by atoms with Crippen molar-refractivity contribution >= 4 is 52.9 Å². The van der Waals surface area contributed by atoms with E-state index in [0.717, 1.165) is 16.5 Å². The zero-order chi connectivity index (χ0) is 23.5. The molecule has 0 radical (unpaired) electrons. The normalized spacial score (nSPS) is 12.3. The Hall–Kier alpha value is -2.70. The topological polar surface area (TPSA) is 73.2 Å². The van der Waals surface area contributed by atoms with Crippen LogP contribution in [0.2, 0.25) is 0 Å². The molecule has 0 aliphatic heterocycles. The van der Waals surface area contributed by atoms with Gasteiger partial charge in [-0.1, -0.05) is 29.2 Å². The van der Waals surface area contributed by atoms with Crippen molar-refractivity contribution in [2.24, 2.45) is 0 Å². The van der Waals surface area contributed by atoms with Crippen molar-refractivity contribution in [3.8, 4) is 5.69 Å². The number of benzene rings is 2. The molecule has 0 saturated carbocycles. The number of anilines is 1. The molecule has 2 aromatic carbocycles. The fraction of sp³-hybridized carbons (Fsp3) is 0.200. The fourth-order valence-electron chi connectivity index (χ4n) is 2.54. The van der Waals surface area contributed by atoms with E-state index in [4.69, 9.17) is 17.0 Å². The van der Waals surface area contributed by atoms with E-state index in [0.29, 0.717) is 9.64 Å². The minimum Gasteiger partial charge on any atom is -0.449 e. The predicted octanol–water partition coefficient (Wildman–Crippen LogP) is 5.59. The van der Waals surface area contributed by atoms with E-state index in [2.05, 4.69) is 10.4 Å². The van der Waals surface area contributed by atoms with Crippen LogP contribution in [-0.2, 0) is 15.7 Å². The van der Waals surface area contributed by atoms with Crippen LogP contribution in [0.1, 0.15) is 22.8 Å². The molecule has 168 valence electrons. The third-order valence-corrected chi connectivity index (χ3v) is 6.37. The lowest BCUT2D eigenvalue weighted by molar-refractivity contribution is -0.137. The number of thioether (sulfide) groups is 1. The summed E-state index contributed by atoms with van der Waals surface area (Å²) in [6.07, 6.45) is -3.88. The van der Waals surface area contributed by atoms with Gasteiger partial charge in [-0.3, -0.25) is 4.79 Å². The number of carbonyl (C=O) groups is 2. The maximum atomic E-state index is 12.8. The second-order valence-corrected chi connectivity index (χ2v) is 9.09. The number of nitrogens with one attached hydrogen (secondary N) is 1. The number of hydrogen-bond donors (Lipinski definition) is 1. The zero-order valence-electron chi connectivity index (χ0n) is 16.7. The van der Waals surface area contributed by atoms with Gasteiger partial charge < -0.3 is 10.1 Å². The van der Waals surface area contributed by atoms with Gasteiger partial charge in [0, 0.05) is 5.69 Å². The molecule has 0 aliphatic rings. The zero-order valence-corrected chi connectivity index (χ0v) is 19.1. The van der Waals surface area contributed by atoms with E-state index < -0.39 is 29.7 Å². The van der Waals surface area contributed by atoms with Crippen LogP contribution in [0.5, 0.6) is 0 Å². The summed E-state index contributed by atoms with van der Waals surface area (Å²) < 4.78 is 46.5. The molecular weight excluding hydrogens is 483 g/mol. The van der Waals surface area contributed by atoms with E-state index in [-0.39, 0.29) is 11.3 Å². The molecule has 1 atom stereocenters. The minimum absolute atomic E-state index is 0.0540. The van der Waals surface area contributed by atoms with Gasteiger partial charge in [-0.05, 0) is 67.9 Å². The van der Waals surface area contributed by atoms with Crippen molar-refractivity contribution in [3.63, 3.8) is 0 Å².